The Kier molecular flexibility index (Phi) is 6.20. The maximum Gasteiger partial charge on any atom is 0.121 e. The summed E-state index contributed by atoms with van der Waals surface area (Å²) in [6.07, 6.45) is 1.03. The number of nitrogens with one attached hydrogen (secondary N) is 1. The van der Waals surface area contributed by atoms with Gasteiger partial charge in [0.15, 0.2) is 0 Å². The van der Waals surface area contributed by atoms with Gasteiger partial charge in [0.25, 0.3) is 0 Å². The average molecular weight is 247 g/mol. The quantitative estimate of drug-likeness (QED) is 0.746. The smallest absolute Gasteiger partial charge is 0.121 e. The van der Waals surface area contributed by atoms with Gasteiger partial charge in [0.2, 0.25) is 0 Å². The van der Waals surface area contributed by atoms with Crippen molar-refractivity contribution in [2.75, 3.05) is 34.3 Å². The van der Waals surface area contributed by atoms with Gasteiger partial charge in [-0.25, -0.2) is 0 Å². The van der Waals surface area contributed by atoms with Crippen molar-refractivity contribution in [2.24, 2.45) is 0 Å². The highest BCUT2D eigenvalue weighted by atomic mass is 16.5. The molecule has 0 saturated carbocycles. The van der Waals surface area contributed by atoms with E-state index in [1.807, 2.05) is 38.4 Å². The second-order valence-corrected chi connectivity index (χ2v) is 4.45. The Bertz CT molecular complexity index is 381. The van der Waals surface area contributed by atoms with Gasteiger partial charge in [0.05, 0.1) is 13.2 Å². The van der Waals surface area contributed by atoms with Crippen molar-refractivity contribution in [2.45, 2.75) is 12.5 Å². The summed E-state index contributed by atoms with van der Waals surface area (Å²) in [7, 11) is 5.73. The standard InChI is InChI=1S/C14H21N3O/c1-17(2)10-4-9-16-14(11-15)12-5-7-13(18-3)8-6-12/h5-8,14,16H,4,9-10H2,1-3H3. The molecule has 18 heavy (non-hydrogen) atoms. The lowest BCUT2D eigenvalue weighted by Crippen LogP contribution is -2.24. The number of nitriles is 1. The molecule has 0 saturated heterocycles. The van der Waals surface area contributed by atoms with E-state index in [2.05, 4.69) is 16.3 Å². The molecule has 0 aliphatic carbocycles. The van der Waals surface area contributed by atoms with E-state index in [0.29, 0.717) is 0 Å². The van der Waals surface area contributed by atoms with E-state index in [4.69, 9.17) is 10.00 Å². The molecule has 1 atom stereocenters. The number of rotatable bonds is 7. The normalized spacial score (nSPS) is 12.2. The Morgan fingerprint density at radius 1 is 1.33 bits per heavy atom. The summed E-state index contributed by atoms with van der Waals surface area (Å²) >= 11 is 0. The number of methoxy groups -OCH3 is 1. The number of nitrogens with zero attached hydrogens (tertiary/aromatic N) is 2. The van der Waals surface area contributed by atoms with E-state index in [9.17, 15) is 0 Å². The maximum absolute atomic E-state index is 9.16. The molecular weight excluding hydrogens is 226 g/mol. The first-order valence-electron chi connectivity index (χ1n) is 6.09. The summed E-state index contributed by atoms with van der Waals surface area (Å²) < 4.78 is 5.10. The highest BCUT2D eigenvalue weighted by Crippen LogP contribution is 2.17. The number of hydrogen-bond donors (Lipinski definition) is 1. The van der Waals surface area contributed by atoms with Crippen LogP contribution in [-0.2, 0) is 0 Å². The topological polar surface area (TPSA) is 48.3 Å². The Labute approximate surface area is 109 Å². The highest BCUT2D eigenvalue weighted by molar-refractivity contribution is 5.31. The minimum atomic E-state index is -0.252. The molecule has 4 heteroatoms. The molecule has 4 nitrogen and oxygen atoms in total. The molecule has 1 unspecified atom stereocenters. The van der Waals surface area contributed by atoms with Crippen LogP contribution in [0.4, 0.5) is 0 Å². The molecule has 0 radical (unpaired) electrons. The lowest BCUT2D eigenvalue weighted by Gasteiger charge is -2.14. The molecule has 0 spiro atoms. The number of ether oxygens (including phenoxy) is 1. The Morgan fingerprint density at radius 3 is 2.50 bits per heavy atom. The van der Waals surface area contributed by atoms with Crippen molar-refractivity contribution in [3.05, 3.63) is 29.8 Å². The van der Waals surface area contributed by atoms with Crippen LogP contribution in [0, 0.1) is 11.3 Å². The molecule has 0 aromatic heterocycles. The largest absolute Gasteiger partial charge is 0.497 e. The summed E-state index contributed by atoms with van der Waals surface area (Å²) in [6.45, 7) is 1.86. The minimum Gasteiger partial charge on any atom is -0.497 e. The second kappa shape index (κ2) is 7.70. The van der Waals surface area contributed by atoms with E-state index in [0.717, 1.165) is 30.8 Å². The van der Waals surface area contributed by atoms with Gasteiger partial charge in [-0.05, 0) is 51.3 Å². The van der Waals surface area contributed by atoms with E-state index >= 15 is 0 Å². The van der Waals surface area contributed by atoms with Crippen LogP contribution in [0.3, 0.4) is 0 Å². The zero-order valence-corrected chi connectivity index (χ0v) is 11.3. The predicted octanol–water partition coefficient (Wildman–Crippen LogP) is 1.80. The number of benzene rings is 1. The number of hydrogen-bond acceptors (Lipinski definition) is 4. The molecule has 0 bridgehead atoms. The van der Waals surface area contributed by atoms with E-state index in [1.54, 1.807) is 7.11 Å². The van der Waals surface area contributed by atoms with Crippen LogP contribution >= 0.6 is 0 Å². The summed E-state index contributed by atoms with van der Waals surface area (Å²) in [5.74, 6) is 0.808. The fourth-order valence-electron chi connectivity index (χ4n) is 1.68. The first-order valence-corrected chi connectivity index (χ1v) is 6.09. The van der Waals surface area contributed by atoms with Gasteiger partial charge in [-0.3, -0.25) is 5.32 Å². The molecule has 1 rings (SSSR count). The van der Waals surface area contributed by atoms with Crippen LogP contribution in [0.2, 0.25) is 0 Å². The van der Waals surface area contributed by atoms with Gasteiger partial charge in [-0.1, -0.05) is 12.1 Å². The van der Waals surface area contributed by atoms with E-state index in [1.165, 1.54) is 0 Å². The molecule has 0 heterocycles. The van der Waals surface area contributed by atoms with Crippen molar-refractivity contribution in [1.29, 1.82) is 5.26 Å². The van der Waals surface area contributed by atoms with Crippen molar-refractivity contribution in [1.82, 2.24) is 10.2 Å². The van der Waals surface area contributed by atoms with Gasteiger partial charge >= 0.3 is 0 Å². The fraction of sp³-hybridized carbons (Fsp3) is 0.500. The fourth-order valence-corrected chi connectivity index (χ4v) is 1.68. The van der Waals surface area contributed by atoms with E-state index in [-0.39, 0.29) is 6.04 Å². The zero-order chi connectivity index (χ0) is 13.4. The third-order valence-electron chi connectivity index (χ3n) is 2.71. The van der Waals surface area contributed by atoms with Crippen molar-refractivity contribution in [3.8, 4) is 11.8 Å². The van der Waals surface area contributed by atoms with Crippen molar-refractivity contribution in [3.63, 3.8) is 0 Å². The first kappa shape index (κ1) is 14.5. The molecule has 98 valence electrons. The van der Waals surface area contributed by atoms with E-state index < -0.39 is 0 Å². The summed E-state index contributed by atoms with van der Waals surface area (Å²) in [5, 5.41) is 12.4. The Hall–Kier alpha value is -1.57. The summed E-state index contributed by atoms with van der Waals surface area (Å²) in [4.78, 5) is 2.14. The van der Waals surface area contributed by atoms with Crippen LogP contribution < -0.4 is 10.1 Å². The van der Waals surface area contributed by atoms with Gasteiger partial charge in [-0.2, -0.15) is 5.26 Å². The molecule has 1 aromatic rings. The van der Waals surface area contributed by atoms with Gasteiger partial charge in [0.1, 0.15) is 11.8 Å². The molecular formula is C14H21N3O. The summed E-state index contributed by atoms with van der Waals surface area (Å²) in [5.41, 5.74) is 0.975. The average Bonchev–Trinajstić information content (AvgIpc) is 2.39. The van der Waals surface area contributed by atoms with Gasteiger partial charge in [0, 0.05) is 0 Å². The highest BCUT2D eigenvalue weighted by Gasteiger charge is 2.09. The van der Waals surface area contributed by atoms with Crippen molar-refractivity contribution >= 4 is 0 Å². The first-order chi connectivity index (χ1) is 8.67. The molecule has 1 N–H and O–H groups in total. The predicted molar refractivity (Wildman–Crippen MR) is 72.5 cm³/mol. The summed E-state index contributed by atoms with van der Waals surface area (Å²) in [6, 6.07) is 9.62. The van der Waals surface area contributed by atoms with Crippen LogP contribution in [0.1, 0.15) is 18.0 Å². The SMILES string of the molecule is COc1ccc(C(C#N)NCCCN(C)C)cc1. The molecule has 0 aliphatic heterocycles. The van der Waals surface area contributed by atoms with Crippen LogP contribution in [-0.4, -0.2) is 39.2 Å². The monoisotopic (exact) mass is 247 g/mol. The van der Waals surface area contributed by atoms with Gasteiger partial charge < -0.3 is 9.64 Å². The van der Waals surface area contributed by atoms with Crippen LogP contribution in [0.5, 0.6) is 5.75 Å². The molecule has 0 amide bonds. The Morgan fingerprint density at radius 2 is 2.00 bits per heavy atom. The lowest BCUT2D eigenvalue weighted by molar-refractivity contribution is 0.392. The zero-order valence-electron chi connectivity index (χ0n) is 11.3. The maximum atomic E-state index is 9.16. The lowest BCUT2D eigenvalue weighted by atomic mass is 10.1. The second-order valence-electron chi connectivity index (χ2n) is 4.45. The molecule has 0 aliphatic rings. The van der Waals surface area contributed by atoms with Crippen LogP contribution in [0.15, 0.2) is 24.3 Å². The van der Waals surface area contributed by atoms with Crippen LogP contribution in [0.25, 0.3) is 0 Å². The third-order valence-corrected chi connectivity index (χ3v) is 2.71. The third kappa shape index (κ3) is 4.74. The van der Waals surface area contributed by atoms with Crippen molar-refractivity contribution < 1.29 is 4.74 Å². The van der Waals surface area contributed by atoms with Gasteiger partial charge in [-0.15, -0.1) is 0 Å². The molecule has 1 aromatic carbocycles. The Balaban J connectivity index is 2.47. The molecule has 0 fully saturated rings. The minimum absolute atomic E-state index is 0.252.